The summed E-state index contributed by atoms with van der Waals surface area (Å²) in [6.45, 7) is 19.2. The molecule has 1 aromatic rings. The van der Waals surface area contributed by atoms with E-state index in [1.165, 1.54) is 0 Å². The first-order chi connectivity index (χ1) is 12.4. The summed E-state index contributed by atoms with van der Waals surface area (Å²) in [5.41, 5.74) is 7.16. The van der Waals surface area contributed by atoms with Gasteiger partial charge in [-0.3, -0.25) is 0 Å². The van der Waals surface area contributed by atoms with Crippen molar-refractivity contribution in [3.63, 3.8) is 0 Å². The van der Waals surface area contributed by atoms with Crippen LogP contribution in [-0.4, -0.2) is 34.2 Å². The fraction of sp³-hybridized carbons (Fsp3) is 0.727. The molecule has 0 saturated carbocycles. The van der Waals surface area contributed by atoms with E-state index in [9.17, 15) is 0 Å². The molecule has 1 rings (SSSR count). The first-order valence-corrected chi connectivity index (χ1v) is 13.0. The summed E-state index contributed by atoms with van der Waals surface area (Å²) in [6.07, 6.45) is 0.178. The van der Waals surface area contributed by atoms with Crippen molar-refractivity contribution in [2.24, 2.45) is 17.6 Å². The van der Waals surface area contributed by atoms with Crippen molar-refractivity contribution in [2.45, 2.75) is 78.5 Å². The normalized spacial score (nSPS) is 17.3. The minimum atomic E-state index is -1.88. The summed E-state index contributed by atoms with van der Waals surface area (Å²) in [6, 6.07) is 8.02. The molecular formula is C22H41NO3Si. The molecule has 0 amide bonds. The van der Waals surface area contributed by atoms with Crippen LogP contribution in [0.15, 0.2) is 24.3 Å². The van der Waals surface area contributed by atoms with E-state index < -0.39 is 8.32 Å². The van der Waals surface area contributed by atoms with Gasteiger partial charge in [-0.1, -0.05) is 46.8 Å². The minimum absolute atomic E-state index is 0.0795. The zero-order valence-electron chi connectivity index (χ0n) is 18.8. The van der Waals surface area contributed by atoms with Gasteiger partial charge in [0.1, 0.15) is 5.75 Å². The lowest BCUT2D eigenvalue weighted by molar-refractivity contribution is -0.0380. The van der Waals surface area contributed by atoms with Crippen molar-refractivity contribution >= 4 is 8.32 Å². The molecule has 1 aromatic carbocycles. The van der Waals surface area contributed by atoms with Gasteiger partial charge in [0.2, 0.25) is 0 Å². The Kier molecular flexibility index (Phi) is 9.00. The standard InChI is InChI=1S/C22H41NO3Si/c1-16(14-23)21(26-27(8,9)22(4,5)6)17(2)18(3)25-15-19-10-12-20(24-7)13-11-19/h10-13,16-18,21H,14-15,23H2,1-9H3. The third-order valence-electron chi connectivity index (χ3n) is 6.10. The van der Waals surface area contributed by atoms with E-state index >= 15 is 0 Å². The van der Waals surface area contributed by atoms with Gasteiger partial charge in [-0.25, -0.2) is 0 Å². The second-order valence-corrected chi connectivity index (χ2v) is 14.0. The number of rotatable bonds is 10. The zero-order chi connectivity index (χ0) is 20.8. The lowest BCUT2D eigenvalue weighted by Crippen LogP contribution is -2.50. The van der Waals surface area contributed by atoms with Crippen LogP contribution in [0.4, 0.5) is 0 Å². The van der Waals surface area contributed by atoms with E-state index in [1.54, 1.807) is 7.11 Å². The van der Waals surface area contributed by atoms with Crippen LogP contribution in [0.1, 0.15) is 47.1 Å². The lowest BCUT2D eigenvalue weighted by Gasteiger charge is -2.43. The van der Waals surface area contributed by atoms with Gasteiger partial charge in [0.15, 0.2) is 8.32 Å². The Hall–Kier alpha value is -0.883. The first-order valence-electron chi connectivity index (χ1n) is 10.1. The molecule has 0 saturated heterocycles. The zero-order valence-corrected chi connectivity index (χ0v) is 19.8. The van der Waals surface area contributed by atoms with Crippen LogP contribution in [0.2, 0.25) is 18.1 Å². The third kappa shape index (κ3) is 6.90. The van der Waals surface area contributed by atoms with Gasteiger partial charge in [-0.15, -0.1) is 0 Å². The summed E-state index contributed by atoms with van der Waals surface area (Å²) in [5.74, 6) is 1.41. The Morgan fingerprint density at radius 2 is 1.59 bits per heavy atom. The van der Waals surface area contributed by atoms with Crippen LogP contribution in [0.3, 0.4) is 0 Å². The number of nitrogens with two attached hydrogens (primary N) is 1. The Morgan fingerprint density at radius 1 is 1.04 bits per heavy atom. The highest BCUT2D eigenvalue weighted by molar-refractivity contribution is 6.74. The van der Waals surface area contributed by atoms with E-state index in [1.807, 2.05) is 24.3 Å². The van der Waals surface area contributed by atoms with Crippen molar-refractivity contribution in [3.8, 4) is 5.75 Å². The van der Waals surface area contributed by atoms with E-state index in [2.05, 4.69) is 54.6 Å². The Morgan fingerprint density at radius 3 is 2.04 bits per heavy atom. The number of methoxy groups -OCH3 is 1. The highest BCUT2D eigenvalue weighted by atomic mass is 28.4. The Bertz CT molecular complexity index is 554. The summed E-state index contributed by atoms with van der Waals surface area (Å²) in [5, 5.41) is 0.173. The summed E-state index contributed by atoms with van der Waals surface area (Å²) < 4.78 is 18.2. The average molecular weight is 396 g/mol. The molecule has 0 bridgehead atoms. The SMILES string of the molecule is COc1ccc(COC(C)C(C)C(O[Si](C)(C)C(C)(C)C)C(C)CN)cc1. The quantitative estimate of drug-likeness (QED) is 0.552. The van der Waals surface area contributed by atoms with Gasteiger partial charge >= 0.3 is 0 Å². The van der Waals surface area contributed by atoms with E-state index in [0.29, 0.717) is 19.1 Å². The van der Waals surface area contributed by atoms with E-state index in [-0.39, 0.29) is 23.2 Å². The summed E-state index contributed by atoms with van der Waals surface area (Å²) in [7, 11) is -0.201. The maximum atomic E-state index is 6.78. The molecule has 5 heteroatoms. The fourth-order valence-electron chi connectivity index (χ4n) is 2.76. The molecule has 0 spiro atoms. The smallest absolute Gasteiger partial charge is 0.192 e. The van der Waals surface area contributed by atoms with Crippen molar-refractivity contribution in [3.05, 3.63) is 29.8 Å². The summed E-state index contributed by atoms with van der Waals surface area (Å²) in [4.78, 5) is 0. The predicted octanol–water partition coefficient (Wildman–Crippen LogP) is 5.22. The topological polar surface area (TPSA) is 53.7 Å². The number of hydrogen-bond acceptors (Lipinski definition) is 4. The van der Waals surface area contributed by atoms with Gasteiger partial charge in [0.25, 0.3) is 0 Å². The molecule has 0 aliphatic carbocycles. The van der Waals surface area contributed by atoms with Crippen LogP contribution < -0.4 is 10.5 Å². The van der Waals surface area contributed by atoms with Crippen molar-refractivity contribution in [1.82, 2.24) is 0 Å². The highest BCUT2D eigenvalue weighted by Gasteiger charge is 2.42. The molecule has 0 radical (unpaired) electrons. The van der Waals surface area contributed by atoms with Gasteiger partial charge in [-0.2, -0.15) is 0 Å². The lowest BCUT2D eigenvalue weighted by atomic mass is 9.90. The van der Waals surface area contributed by atoms with Crippen molar-refractivity contribution < 1.29 is 13.9 Å². The van der Waals surface area contributed by atoms with Gasteiger partial charge in [0.05, 0.1) is 25.9 Å². The van der Waals surface area contributed by atoms with Crippen LogP contribution >= 0.6 is 0 Å². The van der Waals surface area contributed by atoms with Crippen LogP contribution in [0, 0.1) is 11.8 Å². The molecule has 0 aromatic heterocycles. The molecule has 27 heavy (non-hydrogen) atoms. The third-order valence-corrected chi connectivity index (χ3v) is 10.6. The van der Waals surface area contributed by atoms with E-state index in [4.69, 9.17) is 19.6 Å². The van der Waals surface area contributed by atoms with Gasteiger partial charge in [-0.05, 0) is 55.2 Å². The molecule has 4 nitrogen and oxygen atoms in total. The van der Waals surface area contributed by atoms with E-state index in [0.717, 1.165) is 11.3 Å². The molecule has 2 N–H and O–H groups in total. The van der Waals surface area contributed by atoms with Crippen LogP contribution in [0.25, 0.3) is 0 Å². The maximum absolute atomic E-state index is 6.78. The molecule has 0 fully saturated rings. The number of ether oxygens (including phenoxy) is 2. The van der Waals surface area contributed by atoms with Crippen LogP contribution in [0.5, 0.6) is 5.75 Å². The minimum Gasteiger partial charge on any atom is -0.497 e. The Labute approximate surface area is 167 Å². The molecular weight excluding hydrogens is 354 g/mol. The van der Waals surface area contributed by atoms with Crippen LogP contribution in [-0.2, 0) is 15.8 Å². The van der Waals surface area contributed by atoms with Crippen molar-refractivity contribution in [2.75, 3.05) is 13.7 Å². The molecule has 0 aliphatic rings. The fourth-order valence-corrected chi connectivity index (χ4v) is 4.24. The molecule has 0 aliphatic heterocycles. The number of benzene rings is 1. The van der Waals surface area contributed by atoms with Gasteiger partial charge in [0, 0.05) is 5.92 Å². The Balaban J connectivity index is 2.79. The second kappa shape index (κ2) is 10.1. The van der Waals surface area contributed by atoms with Gasteiger partial charge < -0.3 is 19.6 Å². The summed E-state index contributed by atoms with van der Waals surface area (Å²) >= 11 is 0. The average Bonchev–Trinajstić information content (AvgIpc) is 2.62. The molecule has 0 heterocycles. The number of hydrogen-bond donors (Lipinski definition) is 1. The second-order valence-electron chi connectivity index (χ2n) is 9.28. The highest BCUT2D eigenvalue weighted by Crippen LogP contribution is 2.39. The molecule has 4 atom stereocenters. The van der Waals surface area contributed by atoms with Crippen molar-refractivity contribution in [1.29, 1.82) is 0 Å². The monoisotopic (exact) mass is 395 g/mol. The maximum Gasteiger partial charge on any atom is 0.192 e. The molecule has 156 valence electrons. The molecule has 4 unspecified atom stereocenters. The largest absolute Gasteiger partial charge is 0.497 e. The predicted molar refractivity (Wildman–Crippen MR) is 117 cm³/mol. The first kappa shape index (κ1) is 24.2.